The molecule has 98 valence electrons. The molecule has 4 rings (SSSR count). The smallest absolute Gasteiger partial charge is 0.139 e. The lowest BCUT2D eigenvalue weighted by Gasteiger charge is -2.01. The molecule has 2 N–H and O–H groups in total. The molecular formula is C16H13N3O. The van der Waals surface area contributed by atoms with Gasteiger partial charge in [0.2, 0.25) is 0 Å². The van der Waals surface area contributed by atoms with Gasteiger partial charge in [0.05, 0.1) is 5.56 Å². The SMILES string of the molecule is Cc1cccc2nc(-c3coc4ccccc34)c(N)n12. The highest BCUT2D eigenvalue weighted by Crippen LogP contribution is 2.34. The zero-order chi connectivity index (χ0) is 13.7. The van der Waals surface area contributed by atoms with Gasteiger partial charge in [0.25, 0.3) is 0 Å². The molecule has 20 heavy (non-hydrogen) atoms. The summed E-state index contributed by atoms with van der Waals surface area (Å²) >= 11 is 0. The Kier molecular flexibility index (Phi) is 2.15. The van der Waals surface area contributed by atoms with Crippen LogP contribution in [0, 0.1) is 6.92 Å². The number of nitrogen functional groups attached to an aromatic ring is 1. The average Bonchev–Trinajstić information content (AvgIpc) is 3.01. The first-order valence-electron chi connectivity index (χ1n) is 6.46. The topological polar surface area (TPSA) is 56.5 Å². The van der Waals surface area contributed by atoms with E-state index in [9.17, 15) is 0 Å². The van der Waals surface area contributed by atoms with Crippen molar-refractivity contribution in [1.29, 1.82) is 0 Å². The van der Waals surface area contributed by atoms with E-state index in [2.05, 4.69) is 4.98 Å². The van der Waals surface area contributed by atoms with E-state index in [0.29, 0.717) is 5.82 Å². The number of pyridine rings is 1. The maximum atomic E-state index is 6.28. The first-order valence-corrected chi connectivity index (χ1v) is 6.46. The van der Waals surface area contributed by atoms with Crippen molar-refractivity contribution in [1.82, 2.24) is 9.38 Å². The van der Waals surface area contributed by atoms with Gasteiger partial charge in [0, 0.05) is 11.1 Å². The van der Waals surface area contributed by atoms with Crippen molar-refractivity contribution in [3.8, 4) is 11.3 Å². The van der Waals surface area contributed by atoms with Crippen LogP contribution in [0.3, 0.4) is 0 Å². The predicted molar refractivity (Wildman–Crippen MR) is 79.5 cm³/mol. The Morgan fingerprint density at radius 1 is 1.10 bits per heavy atom. The summed E-state index contributed by atoms with van der Waals surface area (Å²) in [6.45, 7) is 2.02. The van der Waals surface area contributed by atoms with Crippen LogP contribution >= 0.6 is 0 Å². The van der Waals surface area contributed by atoms with Gasteiger partial charge >= 0.3 is 0 Å². The second-order valence-electron chi connectivity index (χ2n) is 4.85. The van der Waals surface area contributed by atoms with E-state index >= 15 is 0 Å². The van der Waals surface area contributed by atoms with Crippen molar-refractivity contribution in [3.05, 3.63) is 54.4 Å². The van der Waals surface area contributed by atoms with Gasteiger partial charge in [-0.3, -0.25) is 4.40 Å². The Balaban J connectivity index is 2.08. The lowest BCUT2D eigenvalue weighted by molar-refractivity contribution is 0.617. The lowest BCUT2D eigenvalue weighted by atomic mass is 10.1. The van der Waals surface area contributed by atoms with Crippen LogP contribution in [0.25, 0.3) is 27.9 Å². The van der Waals surface area contributed by atoms with Crippen molar-refractivity contribution in [3.63, 3.8) is 0 Å². The van der Waals surface area contributed by atoms with E-state index in [1.54, 1.807) is 6.26 Å². The van der Waals surface area contributed by atoms with Gasteiger partial charge in [-0.15, -0.1) is 0 Å². The fraction of sp³-hybridized carbons (Fsp3) is 0.0625. The van der Waals surface area contributed by atoms with E-state index in [-0.39, 0.29) is 0 Å². The molecule has 0 aliphatic heterocycles. The molecule has 3 heterocycles. The molecule has 4 heteroatoms. The van der Waals surface area contributed by atoms with Crippen LogP contribution in [0.2, 0.25) is 0 Å². The summed E-state index contributed by atoms with van der Waals surface area (Å²) in [6.07, 6.45) is 1.72. The van der Waals surface area contributed by atoms with Crippen molar-refractivity contribution < 1.29 is 4.42 Å². The van der Waals surface area contributed by atoms with E-state index in [1.807, 2.05) is 53.8 Å². The van der Waals surface area contributed by atoms with Crippen molar-refractivity contribution >= 4 is 22.4 Å². The maximum Gasteiger partial charge on any atom is 0.139 e. The highest BCUT2D eigenvalue weighted by Gasteiger charge is 2.16. The number of nitrogens with zero attached hydrogens (tertiary/aromatic N) is 2. The Hall–Kier alpha value is -2.75. The van der Waals surface area contributed by atoms with Crippen LogP contribution in [-0.2, 0) is 0 Å². The van der Waals surface area contributed by atoms with Gasteiger partial charge in [-0.1, -0.05) is 24.3 Å². The van der Waals surface area contributed by atoms with Crippen molar-refractivity contribution in [2.45, 2.75) is 6.92 Å². The molecule has 4 nitrogen and oxygen atoms in total. The Labute approximate surface area is 115 Å². The number of rotatable bonds is 1. The number of nitrogens with two attached hydrogens (primary N) is 1. The van der Waals surface area contributed by atoms with E-state index < -0.39 is 0 Å². The molecular weight excluding hydrogens is 250 g/mol. The lowest BCUT2D eigenvalue weighted by Crippen LogP contribution is -1.97. The molecule has 4 aromatic rings. The van der Waals surface area contributed by atoms with E-state index in [4.69, 9.17) is 10.2 Å². The molecule has 1 aromatic carbocycles. The molecule has 0 unspecified atom stereocenters. The largest absolute Gasteiger partial charge is 0.464 e. The predicted octanol–water partition coefficient (Wildman–Crippen LogP) is 3.64. The third kappa shape index (κ3) is 1.39. The summed E-state index contributed by atoms with van der Waals surface area (Å²) in [7, 11) is 0. The molecule has 0 saturated heterocycles. The second kappa shape index (κ2) is 3.87. The van der Waals surface area contributed by atoms with E-state index in [0.717, 1.165) is 33.6 Å². The van der Waals surface area contributed by atoms with Crippen molar-refractivity contribution in [2.75, 3.05) is 5.73 Å². The van der Waals surface area contributed by atoms with Gasteiger partial charge < -0.3 is 10.2 Å². The minimum atomic E-state index is 0.643. The minimum Gasteiger partial charge on any atom is -0.464 e. The van der Waals surface area contributed by atoms with Crippen LogP contribution in [0.5, 0.6) is 0 Å². The summed E-state index contributed by atoms with van der Waals surface area (Å²) in [5, 5.41) is 1.03. The summed E-state index contributed by atoms with van der Waals surface area (Å²) in [5.74, 6) is 0.643. The number of para-hydroxylation sites is 1. The summed E-state index contributed by atoms with van der Waals surface area (Å²) < 4.78 is 7.54. The summed E-state index contributed by atoms with van der Waals surface area (Å²) in [4.78, 5) is 4.64. The number of anilines is 1. The molecule has 0 amide bonds. The molecule has 0 aliphatic carbocycles. The molecule has 0 atom stereocenters. The number of furan rings is 1. The standard InChI is InChI=1S/C16H13N3O/c1-10-5-4-8-14-18-15(16(17)19(10)14)12-9-20-13-7-3-2-6-11(12)13/h2-9H,17H2,1H3. The fourth-order valence-electron chi connectivity index (χ4n) is 2.64. The zero-order valence-corrected chi connectivity index (χ0v) is 11.0. The molecule has 0 radical (unpaired) electrons. The maximum absolute atomic E-state index is 6.28. The second-order valence-corrected chi connectivity index (χ2v) is 4.85. The Morgan fingerprint density at radius 2 is 1.95 bits per heavy atom. The molecule has 3 aromatic heterocycles. The summed E-state index contributed by atoms with van der Waals surface area (Å²) in [5.41, 5.74) is 10.7. The van der Waals surface area contributed by atoms with Crippen LogP contribution in [0.1, 0.15) is 5.69 Å². The number of hydrogen-bond acceptors (Lipinski definition) is 3. The monoisotopic (exact) mass is 263 g/mol. The Bertz CT molecular complexity index is 933. The van der Waals surface area contributed by atoms with Gasteiger partial charge in [-0.25, -0.2) is 4.98 Å². The van der Waals surface area contributed by atoms with Crippen molar-refractivity contribution in [2.24, 2.45) is 0 Å². The molecule has 0 fully saturated rings. The average molecular weight is 263 g/mol. The van der Waals surface area contributed by atoms with Gasteiger partial charge in [-0.05, 0) is 25.1 Å². The van der Waals surface area contributed by atoms with E-state index in [1.165, 1.54) is 0 Å². The highest BCUT2D eigenvalue weighted by molar-refractivity contribution is 5.96. The number of aryl methyl sites for hydroxylation is 1. The number of fused-ring (bicyclic) bond motifs is 2. The molecule has 0 bridgehead atoms. The van der Waals surface area contributed by atoms with Crippen LogP contribution in [0.15, 0.2) is 53.1 Å². The minimum absolute atomic E-state index is 0.643. The molecule has 0 saturated carbocycles. The van der Waals surface area contributed by atoms with Gasteiger partial charge in [0.1, 0.15) is 29.0 Å². The first-order chi connectivity index (χ1) is 9.75. The Morgan fingerprint density at radius 3 is 2.80 bits per heavy atom. The number of imidazole rings is 1. The molecule has 0 spiro atoms. The van der Waals surface area contributed by atoms with Crippen LogP contribution in [-0.4, -0.2) is 9.38 Å². The molecule has 0 aliphatic rings. The van der Waals surface area contributed by atoms with Gasteiger partial charge in [0.15, 0.2) is 0 Å². The van der Waals surface area contributed by atoms with Gasteiger partial charge in [-0.2, -0.15) is 0 Å². The third-order valence-corrected chi connectivity index (χ3v) is 3.61. The fourth-order valence-corrected chi connectivity index (χ4v) is 2.64. The quantitative estimate of drug-likeness (QED) is 0.570. The summed E-state index contributed by atoms with van der Waals surface area (Å²) in [6, 6.07) is 13.8. The zero-order valence-electron chi connectivity index (χ0n) is 11.0. The number of benzene rings is 1. The van der Waals surface area contributed by atoms with Crippen LogP contribution < -0.4 is 5.73 Å². The normalized spacial score (nSPS) is 11.4. The highest BCUT2D eigenvalue weighted by atomic mass is 16.3. The number of hydrogen-bond donors (Lipinski definition) is 1. The first kappa shape index (κ1) is 11.1. The van der Waals surface area contributed by atoms with Crippen LogP contribution in [0.4, 0.5) is 5.82 Å². The number of aromatic nitrogens is 2. The third-order valence-electron chi connectivity index (χ3n) is 3.61.